The fourth-order valence-corrected chi connectivity index (χ4v) is 2.83. The molecule has 0 amide bonds. The SMILES string of the molecule is Cc1sc2nc(CC(C)C)[nH]c(=O)c2c1C. The van der Waals surface area contributed by atoms with Gasteiger partial charge in [-0.05, 0) is 25.3 Å². The Morgan fingerprint density at radius 1 is 1.38 bits per heavy atom. The molecule has 0 atom stereocenters. The van der Waals surface area contributed by atoms with Crippen molar-refractivity contribution in [2.75, 3.05) is 0 Å². The molecular formula is C12H16N2OS. The average Bonchev–Trinajstić information content (AvgIpc) is 2.41. The molecule has 0 aliphatic heterocycles. The van der Waals surface area contributed by atoms with Crippen molar-refractivity contribution in [3.8, 4) is 0 Å². The molecule has 0 aliphatic rings. The van der Waals surface area contributed by atoms with E-state index in [-0.39, 0.29) is 5.56 Å². The van der Waals surface area contributed by atoms with Crippen LogP contribution in [0.3, 0.4) is 0 Å². The first kappa shape index (κ1) is 11.3. The van der Waals surface area contributed by atoms with Crippen LogP contribution in [-0.2, 0) is 6.42 Å². The molecule has 86 valence electrons. The van der Waals surface area contributed by atoms with Crippen molar-refractivity contribution in [1.82, 2.24) is 9.97 Å². The van der Waals surface area contributed by atoms with Gasteiger partial charge in [0, 0.05) is 11.3 Å². The highest BCUT2D eigenvalue weighted by molar-refractivity contribution is 7.18. The molecule has 3 nitrogen and oxygen atoms in total. The van der Waals surface area contributed by atoms with Gasteiger partial charge in [-0.25, -0.2) is 4.98 Å². The van der Waals surface area contributed by atoms with Gasteiger partial charge >= 0.3 is 0 Å². The summed E-state index contributed by atoms with van der Waals surface area (Å²) in [6.45, 7) is 8.25. The van der Waals surface area contributed by atoms with Gasteiger partial charge in [0.25, 0.3) is 5.56 Å². The van der Waals surface area contributed by atoms with Crippen molar-refractivity contribution in [1.29, 1.82) is 0 Å². The van der Waals surface area contributed by atoms with Crippen LogP contribution in [0.2, 0.25) is 0 Å². The highest BCUT2D eigenvalue weighted by atomic mass is 32.1. The van der Waals surface area contributed by atoms with Crippen LogP contribution in [0.1, 0.15) is 30.1 Å². The van der Waals surface area contributed by atoms with Crippen molar-refractivity contribution in [3.05, 3.63) is 26.6 Å². The van der Waals surface area contributed by atoms with Crippen LogP contribution >= 0.6 is 11.3 Å². The van der Waals surface area contributed by atoms with Crippen LogP contribution in [0.4, 0.5) is 0 Å². The van der Waals surface area contributed by atoms with Crippen LogP contribution in [0.25, 0.3) is 10.2 Å². The lowest BCUT2D eigenvalue weighted by atomic mass is 10.1. The normalized spacial score (nSPS) is 11.6. The summed E-state index contributed by atoms with van der Waals surface area (Å²) >= 11 is 1.60. The zero-order valence-electron chi connectivity index (χ0n) is 10.0. The monoisotopic (exact) mass is 236 g/mol. The quantitative estimate of drug-likeness (QED) is 0.871. The molecule has 2 heterocycles. The summed E-state index contributed by atoms with van der Waals surface area (Å²) in [7, 11) is 0. The van der Waals surface area contributed by atoms with E-state index in [0.29, 0.717) is 5.92 Å². The van der Waals surface area contributed by atoms with E-state index in [1.54, 1.807) is 11.3 Å². The molecule has 4 heteroatoms. The average molecular weight is 236 g/mol. The van der Waals surface area contributed by atoms with E-state index in [4.69, 9.17) is 0 Å². The topological polar surface area (TPSA) is 45.8 Å². The highest BCUT2D eigenvalue weighted by Crippen LogP contribution is 2.25. The lowest BCUT2D eigenvalue weighted by Crippen LogP contribution is -2.13. The molecule has 2 aromatic rings. The van der Waals surface area contributed by atoms with Crippen molar-refractivity contribution in [3.63, 3.8) is 0 Å². The molecule has 0 radical (unpaired) electrons. The third-order valence-electron chi connectivity index (χ3n) is 2.69. The molecule has 0 spiro atoms. The second-order valence-electron chi connectivity index (χ2n) is 4.57. The number of rotatable bonds is 2. The smallest absolute Gasteiger partial charge is 0.259 e. The zero-order chi connectivity index (χ0) is 11.9. The minimum Gasteiger partial charge on any atom is -0.310 e. The number of hydrogen-bond acceptors (Lipinski definition) is 3. The number of aromatic amines is 1. The summed E-state index contributed by atoms with van der Waals surface area (Å²) in [4.78, 5) is 21.4. The van der Waals surface area contributed by atoms with Crippen molar-refractivity contribution < 1.29 is 0 Å². The molecule has 16 heavy (non-hydrogen) atoms. The number of nitrogens with one attached hydrogen (secondary N) is 1. The van der Waals surface area contributed by atoms with Gasteiger partial charge in [-0.1, -0.05) is 13.8 Å². The van der Waals surface area contributed by atoms with Crippen LogP contribution in [0.15, 0.2) is 4.79 Å². The Morgan fingerprint density at radius 2 is 2.06 bits per heavy atom. The number of thiophene rings is 1. The summed E-state index contributed by atoms with van der Waals surface area (Å²) in [5, 5.41) is 0.759. The second-order valence-corrected chi connectivity index (χ2v) is 5.78. The first-order chi connectivity index (χ1) is 7.49. The summed E-state index contributed by atoms with van der Waals surface area (Å²) in [6.07, 6.45) is 0.821. The van der Waals surface area contributed by atoms with Gasteiger partial charge in [0.2, 0.25) is 0 Å². The molecule has 0 aromatic carbocycles. The van der Waals surface area contributed by atoms with Gasteiger partial charge < -0.3 is 4.98 Å². The Bertz CT molecular complexity index is 580. The minimum atomic E-state index is 0.00231. The molecule has 0 saturated heterocycles. The van der Waals surface area contributed by atoms with Gasteiger partial charge in [-0.15, -0.1) is 11.3 Å². The predicted molar refractivity (Wildman–Crippen MR) is 68.3 cm³/mol. The molecule has 1 N–H and O–H groups in total. The van der Waals surface area contributed by atoms with Gasteiger partial charge in [-0.3, -0.25) is 4.79 Å². The number of aromatic nitrogens is 2. The number of hydrogen-bond donors (Lipinski definition) is 1. The fourth-order valence-electron chi connectivity index (χ4n) is 1.78. The molecule has 0 aliphatic carbocycles. The maximum Gasteiger partial charge on any atom is 0.259 e. The Balaban J connectivity index is 2.64. The van der Waals surface area contributed by atoms with E-state index in [9.17, 15) is 4.79 Å². The highest BCUT2D eigenvalue weighted by Gasteiger charge is 2.11. The Hall–Kier alpha value is -1.16. The van der Waals surface area contributed by atoms with Gasteiger partial charge in [0.15, 0.2) is 0 Å². The maximum absolute atomic E-state index is 11.9. The minimum absolute atomic E-state index is 0.00231. The molecule has 0 saturated carbocycles. The van der Waals surface area contributed by atoms with Gasteiger partial charge in [0.1, 0.15) is 10.7 Å². The Kier molecular flexibility index (Phi) is 2.84. The number of aryl methyl sites for hydroxylation is 2. The largest absolute Gasteiger partial charge is 0.310 e. The second kappa shape index (κ2) is 4.01. The van der Waals surface area contributed by atoms with Crippen LogP contribution < -0.4 is 5.56 Å². The standard InChI is InChI=1S/C12H16N2OS/c1-6(2)5-9-13-11(15)10-7(3)8(4)16-12(10)14-9/h6H,5H2,1-4H3,(H,13,14,15). The van der Waals surface area contributed by atoms with E-state index >= 15 is 0 Å². The zero-order valence-corrected chi connectivity index (χ0v) is 10.9. The molecule has 2 aromatic heterocycles. The Labute approximate surface area is 98.5 Å². The van der Waals surface area contributed by atoms with E-state index in [1.165, 1.54) is 4.88 Å². The summed E-state index contributed by atoms with van der Waals surface area (Å²) in [5.41, 5.74) is 1.06. The Morgan fingerprint density at radius 3 is 2.69 bits per heavy atom. The van der Waals surface area contributed by atoms with E-state index in [2.05, 4.69) is 23.8 Å². The fraction of sp³-hybridized carbons (Fsp3) is 0.500. The summed E-state index contributed by atoms with van der Waals surface area (Å²) < 4.78 is 0. The first-order valence-electron chi connectivity index (χ1n) is 5.48. The molecule has 0 fully saturated rings. The van der Waals surface area contributed by atoms with Crippen molar-refractivity contribution in [2.45, 2.75) is 34.1 Å². The molecular weight excluding hydrogens is 220 g/mol. The summed E-state index contributed by atoms with van der Waals surface area (Å²) in [5.74, 6) is 1.30. The lowest BCUT2D eigenvalue weighted by Gasteiger charge is -2.03. The number of fused-ring (bicyclic) bond motifs is 1. The van der Waals surface area contributed by atoms with Crippen molar-refractivity contribution >= 4 is 21.6 Å². The lowest BCUT2D eigenvalue weighted by molar-refractivity contribution is 0.621. The third-order valence-corrected chi connectivity index (χ3v) is 3.79. The van der Waals surface area contributed by atoms with E-state index < -0.39 is 0 Å². The van der Waals surface area contributed by atoms with Crippen LogP contribution in [-0.4, -0.2) is 9.97 Å². The number of nitrogens with zero attached hydrogens (tertiary/aromatic N) is 1. The van der Waals surface area contributed by atoms with Gasteiger partial charge in [0.05, 0.1) is 5.39 Å². The van der Waals surface area contributed by atoms with Crippen molar-refractivity contribution in [2.24, 2.45) is 5.92 Å². The molecule has 0 bridgehead atoms. The first-order valence-corrected chi connectivity index (χ1v) is 6.29. The van der Waals surface area contributed by atoms with Gasteiger partial charge in [-0.2, -0.15) is 0 Å². The summed E-state index contributed by atoms with van der Waals surface area (Å²) in [6, 6.07) is 0. The van der Waals surface area contributed by atoms with E-state index in [1.807, 2.05) is 13.8 Å². The molecule has 0 unspecified atom stereocenters. The molecule has 2 rings (SSSR count). The predicted octanol–water partition coefficient (Wildman–Crippen LogP) is 2.80. The van der Waals surface area contributed by atoms with Crippen LogP contribution in [0, 0.1) is 19.8 Å². The van der Waals surface area contributed by atoms with E-state index in [0.717, 1.165) is 28.0 Å². The maximum atomic E-state index is 11.9. The number of H-pyrrole nitrogens is 1. The third kappa shape index (κ3) is 1.89. The van der Waals surface area contributed by atoms with Crippen LogP contribution in [0.5, 0.6) is 0 Å².